The Bertz CT molecular complexity index is 1280. The second-order valence-corrected chi connectivity index (χ2v) is 7.65. The molecule has 0 saturated carbocycles. The van der Waals surface area contributed by atoms with Crippen LogP contribution in [0.5, 0.6) is 5.75 Å². The number of fused-ring (bicyclic) bond motifs is 2. The average molecular weight is 414 g/mol. The quantitative estimate of drug-likeness (QED) is 0.540. The Morgan fingerprint density at radius 3 is 2.97 bits per heavy atom. The van der Waals surface area contributed by atoms with E-state index in [9.17, 15) is 4.79 Å². The lowest BCUT2D eigenvalue weighted by Crippen LogP contribution is -2.21. The standard InChI is InChI=1S/C23H22N6O2/c1-28(2)22(30)16-6-3-5-15(11-16)19-13-25-23(29-14-26-27-21(19)29)24-12-17-7-4-8-20-18(17)9-10-31-20/h3-8,11,13-14H,9-10,12H2,1-2H3,(H,24,25). The fourth-order valence-corrected chi connectivity index (χ4v) is 3.86. The summed E-state index contributed by atoms with van der Waals surface area (Å²) >= 11 is 0. The minimum Gasteiger partial charge on any atom is -0.493 e. The van der Waals surface area contributed by atoms with Crippen LogP contribution in [0.4, 0.5) is 5.95 Å². The third-order valence-electron chi connectivity index (χ3n) is 5.44. The number of carbonyl (C=O) groups excluding carboxylic acids is 1. The number of nitrogens with one attached hydrogen (secondary N) is 1. The predicted molar refractivity (Wildman–Crippen MR) is 117 cm³/mol. The van der Waals surface area contributed by atoms with Gasteiger partial charge in [0.05, 0.1) is 6.61 Å². The molecule has 1 N–H and O–H groups in total. The van der Waals surface area contributed by atoms with Gasteiger partial charge < -0.3 is 15.0 Å². The second-order valence-electron chi connectivity index (χ2n) is 7.65. The number of benzene rings is 2. The predicted octanol–water partition coefficient (Wildman–Crippen LogP) is 3.04. The number of amides is 1. The highest BCUT2D eigenvalue weighted by atomic mass is 16.5. The van der Waals surface area contributed by atoms with Crippen LogP contribution >= 0.6 is 0 Å². The number of carbonyl (C=O) groups is 1. The van der Waals surface area contributed by atoms with Gasteiger partial charge in [0.1, 0.15) is 12.1 Å². The van der Waals surface area contributed by atoms with Crippen LogP contribution in [0.3, 0.4) is 0 Å². The number of nitrogens with zero attached hydrogens (tertiary/aromatic N) is 5. The Morgan fingerprint density at radius 1 is 1.23 bits per heavy atom. The maximum Gasteiger partial charge on any atom is 0.253 e. The van der Waals surface area contributed by atoms with E-state index < -0.39 is 0 Å². The maximum absolute atomic E-state index is 12.4. The van der Waals surface area contributed by atoms with E-state index in [0.29, 0.717) is 23.7 Å². The van der Waals surface area contributed by atoms with Crippen LogP contribution in [-0.4, -0.2) is 51.1 Å². The van der Waals surface area contributed by atoms with Crippen molar-refractivity contribution in [2.45, 2.75) is 13.0 Å². The van der Waals surface area contributed by atoms with Crippen LogP contribution in [-0.2, 0) is 13.0 Å². The van der Waals surface area contributed by atoms with Gasteiger partial charge in [-0.3, -0.25) is 9.20 Å². The molecule has 8 nitrogen and oxygen atoms in total. The summed E-state index contributed by atoms with van der Waals surface area (Å²) in [5, 5.41) is 11.8. The number of rotatable bonds is 5. The first-order valence-electron chi connectivity index (χ1n) is 10.1. The van der Waals surface area contributed by atoms with Crippen molar-refractivity contribution in [3.8, 4) is 16.9 Å². The van der Waals surface area contributed by atoms with Crippen molar-refractivity contribution in [2.75, 3.05) is 26.0 Å². The van der Waals surface area contributed by atoms with Crippen LogP contribution in [0.15, 0.2) is 55.0 Å². The van der Waals surface area contributed by atoms with Crippen LogP contribution in [0.2, 0.25) is 0 Å². The van der Waals surface area contributed by atoms with E-state index in [2.05, 4.69) is 26.6 Å². The van der Waals surface area contributed by atoms with E-state index in [-0.39, 0.29) is 5.91 Å². The molecular weight excluding hydrogens is 392 g/mol. The monoisotopic (exact) mass is 414 g/mol. The van der Waals surface area contributed by atoms with Gasteiger partial charge in [0.2, 0.25) is 5.95 Å². The SMILES string of the molecule is CN(C)C(=O)c1cccc(-c2cnc(NCc3cccc4c3CCO4)n3cnnc23)c1. The summed E-state index contributed by atoms with van der Waals surface area (Å²) < 4.78 is 7.49. The molecule has 156 valence electrons. The number of hydrogen-bond acceptors (Lipinski definition) is 6. The summed E-state index contributed by atoms with van der Waals surface area (Å²) in [4.78, 5) is 18.5. The molecule has 2 aromatic carbocycles. The van der Waals surface area contributed by atoms with Crippen molar-refractivity contribution in [3.05, 3.63) is 71.7 Å². The van der Waals surface area contributed by atoms with Crippen molar-refractivity contribution < 1.29 is 9.53 Å². The molecular formula is C23H22N6O2. The lowest BCUT2D eigenvalue weighted by Gasteiger charge is -2.13. The van der Waals surface area contributed by atoms with Gasteiger partial charge in [-0.1, -0.05) is 24.3 Å². The van der Waals surface area contributed by atoms with E-state index >= 15 is 0 Å². The minimum absolute atomic E-state index is 0.0510. The normalized spacial score (nSPS) is 12.5. The van der Waals surface area contributed by atoms with Gasteiger partial charge in [0, 0.05) is 49.9 Å². The Hall–Kier alpha value is -3.94. The first-order chi connectivity index (χ1) is 15.1. The van der Waals surface area contributed by atoms with E-state index in [1.165, 1.54) is 11.1 Å². The van der Waals surface area contributed by atoms with Gasteiger partial charge in [0.15, 0.2) is 5.65 Å². The molecule has 0 spiro atoms. The van der Waals surface area contributed by atoms with E-state index in [0.717, 1.165) is 29.9 Å². The Balaban J connectivity index is 1.46. The topological polar surface area (TPSA) is 84.7 Å². The molecule has 3 heterocycles. The van der Waals surface area contributed by atoms with Crippen molar-refractivity contribution in [3.63, 3.8) is 0 Å². The van der Waals surface area contributed by atoms with Crippen LogP contribution in [0.25, 0.3) is 16.8 Å². The first-order valence-corrected chi connectivity index (χ1v) is 10.1. The van der Waals surface area contributed by atoms with Crippen LogP contribution in [0, 0.1) is 0 Å². The Labute approximate surface area is 179 Å². The zero-order valence-electron chi connectivity index (χ0n) is 17.4. The van der Waals surface area contributed by atoms with E-state index in [1.54, 1.807) is 37.6 Å². The molecule has 0 bridgehead atoms. The van der Waals surface area contributed by atoms with E-state index in [1.807, 2.05) is 34.7 Å². The highest BCUT2D eigenvalue weighted by molar-refractivity contribution is 5.95. The smallest absolute Gasteiger partial charge is 0.253 e. The molecule has 0 atom stereocenters. The summed E-state index contributed by atoms with van der Waals surface area (Å²) in [6, 6.07) is 13.6. The van der Waals surface area contributed by atoms with Gasteiger partial charge in [0.25, 0.3) is 5.91 Å². The second kappa shape index (κ2) is 7.71. The third kappa shape index (κ3) is 3.46. The third-order valence-corrected chi connectivity index (χ3v) is 5.44. The van der Waals surface area contributed by atoms with E-state index in [4.69, 9.17) is 4.74 Å². The molecule has 1 amide bonds. The highest BCUT2D eigenvalue weighted by Crippen LogP contribution is 2.29. The fraction of sp³-hybridized carbons (Fsp3) is 0.217. The lowest BCUT2D eigenvalue weighted by molar-refractivity contribution is 0.0827. The van der Waals surface area contributed by atoms with Gasteiger partial charge in [-0.2, -0.15) is 0 Å². The van der Waals surface area contributed by atoms with Crippen LogP contribution in [0.1, 0.15) is 21.5 Å². The summed E-state index contributed by atoms with van der Waals surface area (Å²) in [5.41, 5.74) is 5.40. The van der Waals surface area contributed by atoms with Crippen molar-refractivity contribution >= 4 is 17.5 Å². The van der Waals surface area contributed by atoms with Crippen molar-refractivity contribution in [2.24, 2.45) is 0 Å². The average Bonchev–Trinajstić information content (AvgIpc) is 3.47. The molecule has 4 aromatic rings. The molecule has 2 aromatic heterocycles. The van der Waals surface area contributed by atoms with Crippen molar-refractivity contribution in [1.82, 2.24) is 24.5 Å². The summed E-state index contributed by atoms with van der Waals surface area (Å²) in [6.07, 6.45) is 4.33. The zero-order chi connectivity index (χ0) is 21.4. The number of aromatic nitrogens is 4. The summed E-state index contributed by atoms with van der Waals surface area (Å²) in [6.45, 7) is 1.35. The van der Waals surface area contributed by atoms with Gasteiger partial charge in [-0.15, -0.1) is 10.2 Å². The molecule has 0 radical (unpaired) electrons. The molecule has 0 fully saturated rings. The molecule has 8 heteroatoms. The molecule has 31 heavy (non-hydrogen) atoms. The Morgan fingerprint density at radius 2 is 2.10 bits per heavy atom. The lowest BCUT2D eigenvalue weighted by atomic mass is 10.0. The van der Waals surface area contributed by atoms with Crippen LogP contribution < -0.4 is 10.1 Å². The maximum atomic E-state index is 12.4. The highest BCUT2D eigenvalue weighted by Gasteiger charge is 2.17. The van der Waals surface area contributed by atoms with Gasteiger partial charge >= 0.3 is 0 Å². The molecule has 0 saturated heterocycles. The van der Waals surface area contributed by atoms with Gasteiger partial charge in [-0.25, -0.2) is 4.98 Å². The Kier molecular flexibility index (Phi) is 4.74. The summed E-state index contributed by atoms with van der Waals surface area (Å²) in [7, 11) is 3.48. The number of hydrogen-bond donors (Lipinski definition) is 1. The number of ether oxygens (including phenoxy) is 1. The largest absolute Gasteiger partial charge is 0.493 e. The zero-order valence-corrected chi connectivity index (χ0v) is 17.4. The number of anilines is 1. The molecule has 5 rings (SSSR count). The molecule has 1 aliphatic heterocycles. The van der Waals surface area contributed by atoms with Crippen molar-refractivity contribution in [1.29, 1.82) is 0 Å². The summed E-state index contributed by atoms with van der Waals surface area (Å²) in [5.74, 6) is 1.56. The molecule has 0 unspecified atom stereocenters. The van der Waals surface area contributed by atoms with Gasteiger partial charge in [-0.05, 0) is 29.3 Å². The minimum atomic E-state index is -0.0510. The first kappa shape index (κ1) is 19.0. The molecule has 1 aliphatic rings. The molecule has 0 aliphatic carbocycles. The fourth-order valence-electron chi connectivity index (χ4n) is 3.86.